The van der Waals surface area contributed by atoms with E-state index in [0.29, 0.717) is 29.0 Å². The molecule has 1 saturated carbocycles. The van der Waals surface area contributed by atoms with Gasteiger partial charge in [0.15, 0.2) is 0 Å². The number of hydrogen-bond donors (Lipinski definition) is 3. The molecule has 0 saturated heterocycles. The number of rotatable bonds is 7. The third-order valence-corrected chi connectivity index (χ3v) is 6.36. The van der Waals surface area contributed by atoms with Crippen molar-refractivity contribution in [3.63, 3.8) is 0 Å². The minimum Gasteiger partial charge on any atom is -0.362 e. The van der Waals surface area contributed by atoms with Gasteiger partial charge in [-0.25, -0.2) is 4.39 Å². The molecule has 0 aromatic heterocycles. The van der Waals surface area contributed by atoms with Gasteiger partial charge in [-0.05, 0) is 85.8 Å². The van der Waals surface area contributed by atoms with Gasteiger partial charge in [-0.15, -0.1) is 0 Å². The van der Waals surface area contributed by atoms with E-state index < -0.39 is 5.82 Å². The lowest BCUT2D eigenvalue weighted by molar-refractivity contribution is -0.115. The molecule has 0 spiro atoms. The van der Waals surface area contributed by atoms with E-state index in [2.05, 4.69) is 16.0 Å². The second-order valence-corrected chi connectivity index (χ2v) is 9.17. The van der Waals surface area contributed by atoms with Gasteiger partial charge in [-0.3, -0.25) is 14.4 Å². The summed E-state index contributed by atoms with van der Waals surface area (Å²) in [5.41, 5.74) is 4.00. The summed E-state index contributed by atoms with van der Waals surface area (Å²) in [5.74, 6) is -1.04. The number of anilines is 3. The highest BCUT2D eigenvalue weighted by Gasteiger charge is 2.24. The maximum atomic E-state index is 13.2. The van der Waals surface area contributed by atoms with Crippen LogP contribution in [0, 0.1) is 5.82 Å². The predicted octanol–water partition coefficient (Wildman–Crippen LogP) is 4.36. The van der Waals surface area contributed by atoms with Gasteiger partial charge in [-0.1, -0.05) is 12.1 Å². The summed E-state index contributed by atoms with van der Waals surface area (Å²) in [6.45, 7) is 0.848. The molecule has 1 aliphatic carbocycles. The average Bonchev–Trinajstić information content (AvgIpc) is 3.69. The number of nitrogens with zero attached hydrogens (tertiary/aromatic N) is 1. The highest BCUT2D eigenvalue weighted by atomic mass is 19.1. The van der Waals surface area contributed by atoms with E-state index in [1.165, 1.54) is 24.3 Å². The molecule has 8 heteroatoms. The summed E-state index contributed by atoms with van der Waals surface area (Å²) in [7, 11) is 0. The Morgan fingerprint density at radius 2 is 1.67 bits per heavy atom. The molecule has 3 aromatic carbocycles. The quantitative estimate of drug-likeness (QED) is 0.463. The summed E-state index contributed by atoms with van der Waals surface area (Å²) < 4.78 is 13.2. The van der Waals surface area contributed by atoms with Crippen molar-refractivity contribution in [2.45, 2.75) is 31.7 Å². The Morgan fingerprint density at radius 3 is 2.44 bits per heavy atom. The van der Waals surface area contributed by atoms with Crippen LogP contribution in [0.5, 0.6) is 0 Å². The van der Waals surface area contributed by atoms with Crippen molar-refractivity contribution in [3.05, 3.63) is 89.2 Å². The topological polar surface area (TPSA) is 90.5 Å². The molecular formula is C28H27FN4O3. The molecule has 7 nitrogen and oxygen atoms in total. The van der Waals surface area contributed by atoms with Gasteiger partial charge >= 0.3 is 0 Å². The van der Waals surface area contributed by atoms with E-state index in [1.54, 1.807) is 24.3 Å². The van der Waals surface area contributed by atoms with Crippen LogP contribution >= 0.6 is 0 Å². The van der Waals surface area contributed by atoms with Gasteiger partial charge in [0.05, 0.1) is 6.54 Å². The van der Waals surface area contributed by atoms with Crippen LogP contribution in [0.15, 0.2) is 66.7 Å². The van der Waals surface area contributed by atoms with Crippen molar-refractivity contribution in [1.29, 1.82) is 0 Å². The third kappa shape index (κ3) is 5.54. The maximum absolute atomic E-state index is 13.2. The van der Waals surface area contributed by atoms with E-state index in [9.17, 15) is 18.8 Å². The van der Waals surface area contributed by atoms with E-state index in [-0.39, 0.29) is 30.3 Å². The van der Waals surface area contributed by atoms with Crippen LogP contribution in [-0.4, -0.2) is 36.9 Å². The van der Waals surface area contributed by atoms with Crippen LogP contribution in [0.3, 0.4) is 0 Å². The lowest BCUT2D eigenvalue weighted by atomic mass is 9.99. The lowest BCUT2D eigenvalue weighted by Crippen LogP contribution is -2.37. The minimum absolute atomic E-state index is 0.131. The Labute approximate surface area is 208 Å². The Balaban J connectivity index is 1.26. The molecule has 2 aliphatic rings. The van der Waals surface area contributed by atoms with Crippen LogP contribution in [-0.2, 0) is 11.2 Å². The Bertz CT molecular complexity index is 1300. The number of nitrogens with one attached hydrogen (secondary N) is 3. The van der Waals surface area contributed by atoms with Crippen molar-refractivity contribution in [1.82, 2.24) is 5.32 Å². The van der Waals surface area contributed by atoms with Gasteiger partial charge in [0.25, 0.3) is 11.8 Å². The summed E-state index contributed by atoms with van der Waals surface area (Å²) >= 11 is 0. The number of fused-ring (bicyclic) bond motifs is 1. The summed E-state index contributed by atoms with van der Waals surface area (Å²) in [6.07, 6.45) is 3.63. The monoisotopic (exact) mass is 486 g/mol. The van der Waals surface area contributed by atoms with Crippen molar-refractivity contribution >= 4 is 34.8 Å². The standard InChI is InChI=1S/C28H27FN4O3/c29-20-11-9-18(10-12-20)27(35)32-24-7-2-8-25-23(24)6-3-15-33(25)17-26(34)30-22-5-1-4-19(16-22)28(36)31-21-13-14-21/h1-2,4-5,7-12,16,21H,3,6,13-15,17H2,(H,30,34)(H,31,36)(H,32,35). The van der Waals surface area contributed by atoms with E-state index in [4.69, 9.17) is 0 Å². The predicted molar refractivity (Wildman–Crippen MR) is 137 cm³/mol. The number of benzene rings is 3. The molecule has 1 fully saturated rings. The van der Waals surface area contributed by atoms with Crippen molar-refractivity contribution in [2.24, 2.45) is 0 Å². The average molecular weight is 487 g/mol. The second kappa shape index (κ2) is 10.2. The molecule has 5 rings (SSSR count). The highest BCUT2D eigenvalue weighted by molar-refractivity contribution is 6.05. The van der Waals surface area contributed by atoms with Gasteiger partial charge in [0.1, 0.15) is 5.82 Å². The third-order valence-electron chi connectivity index (χ3n) is 6.36. The van der Waals surface area contributed by atoms with Crippen molar-refractivity contribution in [3.8, 4) is 0 Å². The minimum atomic E-state index is -0.397. The normalized spacial score (nSPS) is 14.5. The fourth-order valence-corrected chi connectivity index (χ4v) is 4.39. The SMILES string of the molecule is O=C(CN1CCCc2c(NC(=O)c3ccc(F)cc3)cccc21)Nc1cccc(C(=O)NC2CC2)c1. The highest BCUT2D eigenvalue weighted by Crippen LogP contribution is 2.33. The number of hydrogen-bond acceptors (Lipinski definition) is 4. The first-order chi connectivity index (χ1) is 17.5. The van der Waals surface area contributed by atoms with E-state index >= 15 is 0 Å². The lowest BCUT2D eigenvalue weighted by Gasteiger charge is -2.32. The first-order valence-corrected chi connectivity index (χ1v) is 12.1. The number of amides is 3. The van der Waals surface area contributed by atoms with Crippen LogP contribution in [0.25, 0.3) is 0 Å². The molecular weight excluding hydrogens is 459 g/mol. The summed E-state index contributed by atoms with van der Waals surface area (Å²) in [6, 6.07) is 18.2. The molecule has 3 amide bonds. The Hall–Kier alpha value is -4.20. The summed E-state index contributed by atoms with van der Waals surface area (Å²) in [4.78, 5) is 39.9. The largest absolute Gasteiger partial charge is 0.362 e. The smallest absolute Gasteiger partial charge is 0.255 e. The zero-order valence-corrected chi connectivity index (χ0v) is 19.7. The molecule has 1 aliphatic heterocycles. The molecule has 36 heavy (non-hydrogen) atoms. The molecule has 3 aromatic rings. The van der Waals surface area contributed by atoms with Crippen molar-refractivity contribution < 1.29 is 18.8 Å². The fourth-order valence-electron chi connectivity index (χ4n) is 4.39. The molecule has 0 bridgehead atoms. The molecule has 184 valence electrons. The molecule has 3 N–H and O–H groups in total. The zero-order chi connectivity index (χ0) is 25.1. The number of carbonyl (C=O) groups is 3. The van der Waals surface area contributed by atoms with Gasteiger partial charge in [0, 0.05) is 40.8 Å². The van der Waals surface area contributed by atoms with Gasteiger partial charge in [-0.2, -0.15) is 0 Å². The van der Waals surface area contributed by atoms with E-state index in [0.717, 1.165) is 36.9 Å². The first kappa shape index (κ1) is 23.5. The number of carbonyl (C=O) groups excluding carboxylic acids is 3. The van der Waals surface area contributed by atoms with Crippen LogP contribution in [0.4, 0.5) is 21.5 Å². The van der Waals surface area contributed by atoms with Crippen LogP contribution < -0.4 is 20.9 Å². The van der Waals surface area contributed by atoms with Crippen LogP contribution in [0.1, 0.15) is 45.5 Å². The number of halogens is 1. The fraction of sp³-hybridized carbons (Fsp3) is 0.250. The van der Waals surface area contributed by atoms with Gasteiger partial charge in [0.2, 0.25) is 5.91 Å². The van der Waals surface area contributed by atoms with Gasteiger partial charge < -0.3 is 20.9 Å². The van der Waals surface area contributed by atoms with E-state index in [1.807, 2.05) is 23.1 Å². The van der Waals surface area contributed by atoms with Crippen LogP contribution in [0.2, 0.25) is 0 Å². The molecule has 0 atom stereocenters. The second-order valence-electron chi connectivity index (χ2n) is 9.17. The summed E-state index contributed by atoms with van der Waals surface area (Å²) in [5, 5.41) is 8.78. The Kier molecular flexibility index (Phi) is 6.66. The molecule has 0 unspecified atom stereocenters. The Morgan fingerprint density at radius 1 is 0.889 bits per heavy atom. The molecule has 0 radical (unpaired) electrons. The maximum Gasteiger partial charge on any atom is 0.255 e. The molecule has 1 heterocycles. The first-order valence-electron chi connectivity index (χ1n) is 12.1. The van der Waals surface area contributed by atoms with Crippen molar-refractivity contribution in [2.75, 3.05) is 28.6 Å². The zero-order valence-electron chi connectivity index (χ0n) is 19.7.